The number of nitrogens with zero attached hydrogens (tertiary/aromatic N) is 1. The standard InChI is InChI=1S/C10H13F3N2O/c1-7(6-16)5-15-9-4-8(2-3-14-9)10(11,12)13/h2-4,7,16H,5-6H2,1H3,(H,14,15). The molecule has 0 aromatic carbocycles. The SMILES string of the molecule is CC(CO)CNc1cc(C(F)(F)F)ccn1. The molecule has 6 heteroatoms. The van der Waals surface area contributed by atoms with Crippen LogP contribution in [0.3, 0.4) is 0 Å². The van der Waals surface area contributed by atoms with E-state index in [1.165, 1.54) is 0 Å². The molecule has 0 saturated heterocycles. The van der Waals surface area contributed by atoms with E-state index < -0.39 is 11.7 Å². The van der Waals surface area contributed by atoms with Crippen molar-refractivity contribution in [3.05, 3.63) is 23.9 Å². The summed E-state index contributed by atoms with van der Waals surface area (Å²) in [6.45, 7) is 2.14. The summed E-state index contributed by atoms with van der Waals surface area (Å²) in [5.74, 6) is 0.131. The Kier molecular flexibility index (Phi) is 4.12. The topological polar surface area (TPSA) is 45.1 Å². The highest BCUT2D eigenvalue weighted by atomic mass is 19.4. The van der Waals surface area contributed by atoms with E-state index in [1.807, 2.05) is 0 Å². The monoisotopic (exact) mass is 234 g/mol. The second-order valence-corrected chi connectivity index (χ2v) is 3.60. The summed E-state index contributed by atoms with van der Waals surface area (Å²) in [5.41, 5.74) is -0.735. The summed E-state index contributed by atoms with van der Waals surface area (Å²) < 4.78 is 37.0. The van der Waals surface area contributed by atoms with Gasteiger partial charge in [0, 0.05) is 19.3 Å². The van der Waals surface area contributed by atoms with Crippen molar-refractivity contribution < 1.29 is 18.3 Å². The fourth-order valence-corrected chi connectivity index (χ4v) is 1.05. The highest BCUT2D eigenvalue weighted by Gasteiger charge is 2.30. The molecule has 90 valence electrons. The summed E-state index contributed by atoms with van der Waals surface area (Å²) in [6.07, 6.45) is -3.25. The van der Waals surface area contributed by atoms with Gasteiger partial charge in [-0.15, -0.1) is 0 Å². The second kappa shape index (κ2) is 5.16. The number of anilines is 1. The third-order valence-corrected chi connectivity index (χ3v) is 2.03. The van der Waals surface area contributed by atoms with Crippen molar-refractivity contribution in [3.8, 4) is 0 Å². The number of aromatic nitrogens is 1. The van der Waals surface area contributed by atoms with Crippen molar-refractivity contribution in [2.75, 3.05) is 18.5 Å². The molecule has 1 aromatic rings. The number of hydrogen-bond acceptors (Lipinski definition) is 3. The van der Waals surface area contributed by atoms with Gasteiger partial charge in [-0.05, 0) is 18.1 Å². The summed E-state index contributed by atoms with van der Waals surface area (Å²) >= 11 is 0. The molecule has 2 N–H and O–H groups in total. The first-order valence-corrected chi connectivity index (χ1v) is 4.81. The Hall–Kier alpha value is -1.30. The third kappa shape index (κ3) is 3.69. The van der Waals surface area contributed by atoms with Crippen LogP contribution in [0.4, 0.5) is 19.0 Å². The van der Waals surface area contributed by atoms with E-state index in [4.69, 9.17) is 5.11 Å². The van der Waals surface area contributed by atoms with Crippen molar-refractivity contribution in [1.82, 2.24) is 4.98 Å². The fraction of sp³-hybridized carbons (Fsp3) is 0.500. The van der Waals surface area contributed by atoms with Crippen LogP contribution in [0.15, 0.2) is 18.3 Å². The molecule has 1 aromatic heterocycles. The normalized spacial score (nSPS) is 13.6. The lowest BCUT2D eigenvalue weighted by Crippen LogP contribution is -2.15. The van der Waals surface area contributed by atoms with Crippen molar-refractivity contribution in [3.63, 3.8) is 0 Å². The Morgan fingerprint density at radius 3 is 2.75 bits per heavy atom. The Labute approximate surface area is 91.3 Å². The number of aliphatic hydroxyl groups excluding tert-OH is 1. The average Bonchev–Trinajstić information content (AvgIpc) is 2.25. The number of halogens is 3. The first-order chi connectivity index (χ1) is 7.43. The van der Waals surface area contributed by atoms with Gasteiger partial charge in [0.05, 0.1) is 5.56 Å². The minimum Gasteiger partial charge on any atom is -0.396 e. The molecule has 1 rings (SSSR count). The average molecular weight is 234 g/mol. The molecular weight excluding hydrogens is 221 g/mol. The second-order valence-electron chi connectivity index (χ2n) is 3.60. The maximum Gasteiger partial charge on any atom is 0.416 e. The summed E-state index contributed by atoms with van der Waals surface area (Å²) in [5, 5.41) is 11.5. The number of aliphatic hydroxyl groups is 1. The number of pyridine rings is 1. The highest BCUT2D eigenvalue weighted by molar-refractivity contribution is 5.38. The Morgan fingerprint density at radius 2 is 2.19 bits per heavy atom. The molecule has 16 heavy (non-hydrogen) atoms. The van der Waals surface area contributed by atoms with Crippen LogP contribution in [0.2, 0.25) is 0 Å². The van der Waals surface area contributed by atoms with Gasteiger partial charge in [0.2, 0.25) is 0 Å². The molecule has 0 fully saturated rings. The molecular formula is C10H13F3N2O. The van der Waals surface area contributed by atoms with Crippen molar-refractivity contribution >= 4 is 5.82 Å². The first-order valence-electron chi connectivity index (χ1n) is 4.81. The van der Waals surface area contributed by atoms with Gasteiger partial charge in [-0.25, -0.2) is 4.98 Å². The zero-order valence-corrected chi connectivity index (χ0v) is 8.75. The maximum absolute atomic E-state index is 12.3. The van der Waals surface area contributed by atoms with Crippen LogP contribution in [-0.2, 0) is 6.18 Å². The summed E-state index contributed by atoms with van der Waals surface area (Å²) in [7, 11) is 0. The van der Waals surface area contributed by atoms with Gasteiger partial charge in [0.15, 0.2) is 0 Å². The number of nitrogens with one attached hydrogen (secondary N) is 1. The molecule has 3 nitrogen and oxygen atoms in total. The van der Waals surface area contributed by atoms with Crippen LogP contribution in [0.25, 0.3) is 0 Å². The number of rotatable bonds is 4. The van der Waals surface area contributed by atoms with Crippen LogP contribution in [0.5, 0.6) is 0 Å². The van der Waals surface area contributed by atoms with E-state index in [-0.39, 0.29) is 18.3 Å². The predicted molar refractivity (Wildman–Crippen MR) is 54.0 cm³/mol. The van der Waals surface area contributed by atoms with Gasteiger partial charge in [-0.2, -0.15) is 13.2 Å². The lowest BCUT2D eigenvalue weighted by molar-refractivity contribution is -0.137. The molecule has 0 aliphatic carbocycles. The van der Waals surface area contributed by atoms with Crippen LogP contribution in [-0.4, -0.2) is 23.2 Å². The lowest BCUT2D eigenvalue weighted by Gasteiger charge is -2.12. The van der Waals surface area contributed by atoms with Crippen LogP contribution < -0.4 is 5.32 Å². The van der Waals surface area contributed by atoms with E-state index in [0.717, 1.165) is 18.3 Å². The van der Waals surface area contributed by atoms with Crippen molar-refractivity contribution in [1.29, 1.82) is 0 Å². The molecule has 0 spiro atoms. The molecule has 0 amide bonds. The third-order valence-electron chi connectivity index (χ3n) is 2.03. The molecule has 1 heterocycles. The van der Waals surface area contributed by atoms with E-state index in [9.17, 15) is 13.2 Å². The van der Waals surface area contributed by atoms with Gasteiger partial charge in [0.1, 0.15) is 5.82 Å². The zero-order valence-electron chi connectivity index (χ0n) is 8.75. The maximum atomic E-state index is 12.3. The molecule has 0 aliphatic rings. The Morgan fingerprint density at radius 1 is 1.50 bits per heavy atom. The van der Waals surface area contributed by atoms with E-state index in [0.29, 0.717) is 6.54 Å². The van der Waals surface area contributed by atoms with E-state index >= 15 is 0 Å². The van der Waals surface area contributed by atoms with Gasteiger partial charge >= 0.3 is 6.18 Å². The van der Waals surface area contributed by atoms with Gasteiger partial charge < -0.3 is 10.4 Å². The molecule has 1 atom stereocenters. The Bertz CT molecular complexity index is 341. The molecule has 0 saturated carbocycles. The van der Waals surface area contributed by atoms with Gasteiger partial charge in [-0.3, -0.25) is 0 Å². The predicted octanol–water partition coefficient (Wildman–Crippen LogP) is 2.14. The summed E-state index contributed by atoms with van der Waals surface area (Å²) in [6, 6.07) is 1.87. The first kappa shape index (κ1) is 12.8. The minimum absolute atomic E-state index is 0.0219. The number of hydrogen-bond donors (Lipinski definition) is 2. The molecule has 0 radical (unpaired) electrons. The van der Waals surface area contributed by atoms with Crippen LogP contribution in [0, 0.1) is 5.92 Å². The fourth-order valence-electron chi connectivity index (χ4n) is 1.05. The van der Waals surface area contributed by atoms with Crippen LogP contribution >= 0.6 is 0 Å². The summed E-state index contributed by atoms with van der Waals surface area (Å²) in [4.78, 5) is 3.77. The largest absolute Gasteiger partial charge is 0.416 e. The van der Waals surface area contributed by atoms with E-state index in [1.54, 1.807) is 6.92 Å². The lowest BCUT2D eigenvalue weighted by atomic mass is 10.2. The smallest absolute Gasteiger partial charge is 0.396 e. The zero-order chi connectivity index (χ0) is 12.2. The Balaban J connectivity index is 2.68. The van der Waals surface area contributed by atoms with Crippen molar-refractivity contribution in [2.45, 2.75) is 13.1 Å². The number of alkyl halides is 3. The van der Waals surface area contributed by atoms with Gasteiger partial charge in [0.25, 0.3) is 0 Å². The molecule has 0 bridgehead atoms. The van der Waals surface area contributed by atoms with Crippen molar-refractivity contribution in [2.24, 2.45) is 5.92 Å². The quantitative estimate of drug-likeness (QED) is 0.839. The molecule has 0 aliphatic heterocycles. The molecule has 1 unspecified atom stereocenters. The van der Waals surface area contributed by atoms with E-state index in [2.05, 4.69) is 10.3 Å². The minimum atomic E-state index is -4.36. The highest BCUT2D eigenvalue weighted by Crippen LogP contribution is 2.29. The van der Waals surface area contributed by atoms with Gasteiger partial charge in [-0.1, -0.05) is 6.92 Å². The van der Waals surface area contributed by atoms with Crippen LogP contribution in [0.1, 0.15) is 12.5 Å².